The van der Waals surface area contributed by atoms with Crippen molar-refractivity contribution >= 4 is 40.5 Å². The first-order valence-electron chi connectivity index (χ1n) is 8.26. The van der Waals surface area contributed by atoms with Crippen molar-refractivity contribution in [2.75, 3.05) is 23.7 Å². The molecule has 2 aromatic carbocycles. The van der Waals surface area contributed by atoms with Gasteiger partial charge in [0, 0.05) is 35.1 Å². The maximum Gasteiger partial charge on any atom is 0.269 e. The Balaban J connectivity index is 2.00. The van der Waals surface area contributed by atoms with Crippen LogP contribution >= 0.6 is 11.6 Å². The topological polar surface area (TPSA) is 113 Å². The number of halogens is 1. The molecule has 0 unspecified atom stereocenters. The number of anilines is 2. The number of carbonyl (C=O) groups is 2. The SMILES string of the molecule is CCCNC(=O)c1ccc(Cl)cc1NCC(=O)Nc1ccc([N+](=O)[O-])cc1. The molecule has 0 saturated carbocycles. The van der Waals surface area contributed by atoms with Gasteiger partial charge in [-0.1, -0.05) is 18.5 Å². The van der Waals surface area contributed by atoms with E-state index in [1.54, 1.807) is 18.2 Å². The van der Waals surface area contributed by atoms with Gasteiger partial charge in [-0.15, -0.1) is 0 Å². The number of rotatable bonds is 8. The fourth-order valence-electron chi connectivity index (χ4n) is 2.24. The molecule has 0 bridgehead atoms. The maximum absolute atomic E-state index is 12.2. The van der Waals surface area contributed by atoms with E-state index in [-0.39, 0.29) is 24.0 Å². The standard InChI is InChI=1S/C18H19ClN4O4/c1-2-9-20-18(25)15-8-3-12(19)10-16(15)21-11-17(24)22-13-4-6-14(7-5-13)23(26)27/h3-8,10,21H,2,9,11H2,1H3,(H,20,25)(H,22,24). The molecule has 0 aromatic heterocycles. The molecule has 8 nitrogen and oxygen atoms in total. The van der Waals surface area contributed by atoms with E-state index in [1.165, 1.54) is 24.3 Å². The van der Waals surface area contributed by atoms with Gasteiger partial charge in [0.1, 0.15) is 0 Å². The van der Waals surface area contributed by atoms with Crippen molar-refractivity contribution in [1.82, 2.24) is 5.32 Å². The van der Waals surface area contributed by atoms with Gasteiger partial charge in [-0.25, -0.2) is 0 Å². The molecule has 0 saturated heterocycles. The van der Waals surface area contributed by atoms with Gasteiger partial charge in [0.2, 0.25) is 5.91 Å². The summed E-state index contributed by atoms with van der Waals surface area (Å²) in [6, 6.07) is 10.3. The molecule has 2 aromatic rings. The second kappa shape index (κ2) is 9.54. The van der Waals surface area contributed by atoms with Crippen LogP contribution in [0.4, 0.5) is 17.1 Å². The molecule has 3 N–H and O–H groups in total. The van der Waals surface area contributed by atoms with E-state index in [2.05, 4.69) is 16.0 Å². The van der Waals surface area contributed by atoms with Gasteiger partial charge >= 0.3 is 0 Å². The number of hydrogen-bond acceptors (Lipinski definition) is 5. The van der Waals surface area contributed by atoms with Crippen molar-refractivity contribution in [2.45, 2.75) is 13.3 Å². The summed E-state index contributed by atoms with van der Waals surface area (Å²) in [5.41, 5.74) is 1.19. The lowest BCUT2D eigenvalue weighted by molar-refractivity contribution is -0.384. The van der Waals surface area contributed by atoms with Gasteiger partial charge in [-0.05, 0) is 36.8 Å². The summed E-state index contributed by atoms with van der Waals surface area (Å²) in [7, 11) is 0. The van der Waals surface area contributed by atoms with E-state index in [9.17, 15) is 19.7 Å². The van der Waals surface area contributed by atoms with Gasteiger partial charge in [0.05, 0.1) is 17.0 Å². The molecule has 9 heteroatoms. The van der Waals surface area contributed by atoms with E-state index in [0.717, 1.165) is 6.42 Å². The molecule has 142 valence electrons. The lowest BCUT2D eigenvalue weighted by atomic mass is 10.1. The summed E-state index contributed by atoms with van der Waals surface area (Å²) in [5, 5.41) is 19.4. The first-order chi connectivity index (χ1) is 12.9. The summed E-state index contributed by atoms with van der Waals surface area (Å²) in [6.07, 6.45) is 0.805. The zero-order chi connectivity index (χ0) is 19.8. The van der Waals surface area contributed by atoms with Crippen LogP contribution in [0, 0.1) is 10.1 Å². The lowest BCUT2D eigenvalue weighted by Gasteiger charge is -2.13. The summed E-state index contributed by atoms with van der Waals surface area (Å²) >= 11 is 5.98. The number of nitrogens with zero attached hydrogens (tertiary/aromatic N) is 1. The zero-order valence-corrected chi connectivity index (χ0v) is 15.4. The second-order valence-electron chi connectivity index (χ2n) is 5.65. The monoisotopic (exact) mass is 390 g/mol. The quantitative estimate of drug-likeness (QED) is 0.472. The maximum atomic E-state index is 12.2. The Morgan fingerprint density at radius 3 is 2.48 bits per heavy atom. The van der Waals surface area contributed by atoms with Crippen LogP contribution in [0.15, 0.2) is 42.5 Å². The Hall–Kier alpha value is -3.13. The molecule has 0 heterocycles. The fourth-order valence-corrected chi connectivity index (χ4v) is 2.41. The van der Waals surface area contributed by atoms with Crippen molar-refractivity contribution in [3.63, 3.8) is 0 Å². The molecular weight excluding hydrogens is 372 g/mol. The Morgan fingerprint density at radius 1 is 1.15 bits per heavy atom. The number of carbonyl (C=O) groups excluding carboxylic acids is 2. The second-order valence-corrected chi connectivity index (χ2v) is 6.09. The van der Waals surface area contributed by atoms with Crippen LogP contribution in [-0.4, -0.2) is 29.8 Å². The average molecular weight is 391 g/mol. The minimum absolute atomic E-state index is 0.0622. The van der Waals surface area contributed by atoms with Gasteiger partial charge in [0.25, 0.3) is 11.6 Å². The van der Waals surface area contributed by atoms with Crippen molar-refractivity contribution in [3.05, 3.63) is 63.2 Å². The number of nitro benzene ring substituents is 1. The number of amides is 2. The summed E-state index contributed by atoms with van der Waals surface area (Å²) < 4.78 is 0. The molecule has 0 aliphatic heterocycles. The minimum atomic E-state index is -0.516. The van der Waals surface area contributed by atoms with Crippen LogP contribution < -0.4 is 16.0 Å². The van der Waals surface area contributed by atoms with Crippen molar-refractivity contribution in [1.29, 1.82) is 0 Å². The van der Waals surface area contributed by atoms with Crippen LogP contribution in [0.3, 0.4) is 0 Å². The Morgan fingerprint density at radius 2 is 1.85 bits per heavy atom. The number of nitrogens with one attached hydrogen (secondary N) is 3. The Kier molecular flexibility index (Phi) is 7.13. The summed E-state index contributed by atoms with van der Waals surface area (Å²) in [4.78, 5) is 34.4. The Bertz CT molecular complexity index is 840. The van der Waals surface area contributed by atoms with E-state index in [0.29, 0.717) is 28.5 Å². The van der Waals surface area contributed by atoms with Crippen LogP contribution in [0.1, 0.15) is 23.7 Å². The van der Waals surface area contributed by atoms with Gasteiger partial charge < -0.3 is 16.0 Å². The molecule has 0 spiro atoms. The summed E-state index contributed by atoms with van der Waals surface area (Å²) in [5.74, 6) is -0.629. The van der Waals surface area contributed by atoms with Gasteiger partial charge in [-0.3, -0.25) is 19.7 Å². The predicted octanol–water partition coefficient (Wildman–Crippen LogP) is 3.44. The van der Waals surface area contributed by atoms with Gasteiger partial charge in [0.15, 0.2) is 0 Å². The molecule has 2 amide bonds. The highest BCUT2D eigenvalue weighted by Crippen LogP contribution is 2.21. The highest BCUT2D eigenvalue weighted by molar-refractivity contribution is 6.31. The fraction of sp³-hybridized carbons (Fsp3) is 0.222. The van der Waals surface area contributed by atoms with Crippen LogP contribution in [-0.2, 0) is 4.79 Å². The average Bonchev–Trinajstić information content (AvgIpc) is 2.65. The van der Waals surface area contributed by atoms with Gasteiger partial charge in [-0.2, -0.15) is 0 Å². The molecule has 0 aliphatic rings. The lowest BCUT2D eigenvalue weighted by Crippen LogP contribution is -2.27. The normalized spacial score (nSPS) is 10.1. The number of non-ortho nitro benzene ring substituents is 1. The first-order valence-corrected chi connectivity index (χ1v) is 8.64. The predicted molar refractivity (Wildman–Crippen MR) is 104 cm³/mol. The first kappa shape index (κ1) is 20.2. The highest BCUT2D eigenvalue weighted by Gasteiger charge is 2.13. The molecule has 0 aliphatic carbocycles. The number of benzene rings is 2. The Labute approximate surface area is 161 Å². The van der Waals surface area contributed by atoms with Crippen molar-refractivity contribution in [3.8, 4) is 0 Å². The molecule has 0 radical (unpaired) electrons. The van der Waals surface area contributed by atoms with Crippen LogP contribution in [0.2, 0.25) is 5.02 Å². The minimum Gasteiger partial charge on any atom is -0.375 e. The largest absolute Gasteiger partial charge is 0.375 e. The van der Waals surface area contributed by atoms with Crippen molar-refractivity contribution in [2.24, 2.45) is 0 Å². The third-order valence-electron chi connectivity index (χ3n) is 3.56. The third-order valence-corrected chi connectivity index (χ3v) is 3.80. The van der Waals surface area contributed by atoms with E-state index >= 15 is 0 Å². The molecule has 0 fully saturated rings. The van der Waals surface area contributed by atoms with Crippen LogP contribution in [0.25, 0.3) is 0 Å². The molecule has 2 rings (SSSR count). The highest BCUT2D eigenvalue weighted by atomic mass is 35.5. The van der Waals surface area contributed by atoms with Crippen LogP contribution in [0.5, 0.6) is 0 Å². The molecular formula is C18H19ClN4O4. The smallest absolute Gasteiger partial charge is 0.269 e. The van der Waals surface area contributed by atoms with E-state index in [1.807, 2.05) is 6.92 Å². The molecule has 0 atom stereocenters. The van der Waals surface area contributed by atoms with Crippen molar-refractivity contribution < 1.29 is 14.5 Å². The number of hydrogen-bond donors (Lipinski definition) is 3. The zero-order valence-electron chi connectivity index (χ0n) is 14.6. The van der Waals surface area contributed by atoms with E-state index < -0.39 is 4.92 Å². The third kappa shape index (κ3) is 5.96. The summed E-state index contributed by atoms with van der Waals surface area (Å²) in [6.45, 7) is 2.39. The molecule has 27 heavy (non-hydrogen) atoms. The van der Waals surface area contributed by atoms with E-state index in [4.69, 9.17) is 11.6 Å². The number of nitro groups is 1.